The Morgan fingerprint density at radius 2 is 2.12 bits per heavy atom. The number of halogens is 2. The second-order valence-corrected chi connectivity index (χ2v) is 7.37. The summed E-state index contributed by atoms with van der Waals surface area (Å²) in [5.74, 6) is 0.0613. The van der Waals surface area contributed by atoms with Crippen molar-refractivity contribution in [3.63, 3.8) is 0 Å². The summed E-state index contributed by atoms with van der Waals surface area (Å²) in [6.07, 6.45) is -0.192. The molecule has 0 saturated heterocycles. The average molecular weight is 332 g/mol. The molecule has 24 heavy (non-hydrogen) atoms. The molecule has 3 nitrogen and oxygen atoms in total. The van der Waals surface area contributed by atoms with Crippen LogP contribution in [0, 0.1) is 0 Å². The average Bonchev–Trinajstić information content (AvgIpc) is 2.98. The predicted molar refractivity (Wildman–Crippen MR) is 88.7 cm³/mol. The summed E-state index contributed by atoms with van der Waals surface area (Å²) >= 11 is 0. The molecule has 0 spiro atoms. The van der Waals surface area contributed by atoms with Gasteiger partial charge >= 0.3 is 0 Å². The first-order chi connectivity index (χ1) is 11.2. The number of benzene rings is 1. The van der Waals surface area contributed by atoms with Crippen LogP contribution in [0.1, 0.15) is 72.3 Å². The van der Waals surface area contributed by atoms with Gasteiger partial charge in [-0.25, -0.2) is 8.78 Å². The molecule has 0 aliphatic heterocycles. The van der Waals surface area contributed by atoms with Gasteiger partial charge in [0.05, 0.1) is 5.56 Å². The molecule has 2 aromatic rings. The number of aryl methyl sites for hydroxylation is 1. The van der Waals surface area contributed by atoms with Crippen molar-refractivity contribution < 1.29 is 13.6 Å². The lowest BCUT2D eigenvalue weighted by atomic mass is 9.85. The third kappa shape index (κ3) is 2.76. The molecule has 0 radical (unpaired) electrons. The number of carbonyl (C=O) groups excluding carboxylic acids is 1. The predicted octanol–water partition coefficient (Wildman–Crippen LogP) is 4.57. The van der Waals surface area contributed by atoms with Gasteiger partial charge in [0.25, 0.3) is 6.43 Å². The summed E-state index contributed by atoms with van der Waals surface area (Å²) in [6, 6.07) is 6.01. The van der Waals surface area contributed by atoms with Crippen molar-refractivity contribution in [2.24, 2.45) is 7.05 Å². The van der Waals surface area contributed by atoms with Gasteiger partial charge in [0, 0.05) is 19.7 Å². The number of Topliss-reactive ketones (excluding diaryl/α,β-unsaturated/α-hetero) is 1. The monoisotopic (exact) mass is 332 g/mol. The van der Waals surface area contributed by atoms with Crippen LogP contribution in [-0.4, -0.2) is 15.6 Å². The molecule has 0 amide bonds. The van der Waals surface area contributed by atoms with Gasteiger partial charge in [-0.05, 0) is 34.4 Å². The fourth-order valence-corrected chi connectivity index (χ4v) is 4.07. The van der Waals surface area contributed by atoms with Crippen molar-refractivity contribution in [3.8, 4) is 0 Å². The van der Waals surface area contributed by atoms with E-state index in [1.54, 1.807) is 7.05 Å². The normalized spacial score (nSPS) is 18.9. The highest BCUT2D eigenvalue weighted by molar-refractivity contribution is 5.98. The lowest BCUT2D eigenvalue weighted by Gasteiger charge is -2.19. The van der Waals surface area contributed by atoms with E-state index in [-0.39, 0.29) is 23.2 Å². The van der Waals surface area contributed by atoms with Crippen LogP contribution in [0.25, 0.3) is 0 Å². The molecule has 1 atom stereocenters. The van der Waals surface area contributed by atoms with Gasteiger partial charge in [-0.1, -0.05) is 39.0 Å². The zero-order valence-electron chi connectivity index (χ0n) is 14.4. The topological polar surface area (TPSA) is 34.9 Å². The molecule has 1 aromatic heterocycles. The highest BCUT2D eigenvalue weighted by Crippen LogP contribution is 2.47. The van der Waals surface area contributed by atoms with Crippen molar-refractivity contribution in [1.29, 1.82) is 0 Å². The molecule has 1 aliphatic rings. The Hall–Kier alpha value is -2.04. The van der Waals surface area contributed by atoms with E-state index in [4.69, 9.17) is 0 Å². The molecule has 0 bridgehead atoms. The molecule has 3 rings (SSSR count). The highest BCUT2D eigenvalue weighted by Gasteiger charge is 2.36. The van der Waals surface area contributed by atoms with Crippen molar-refractivity contribution >= 4 is 5.78 Å². The van der Waals surface area contributed by atoms with Gasteiger partial charge in [-0.15, -0.1) is 0 Å². The highest BCUT2D eigenvalue weighted by atomic mass is 19.3. The fraction of sp³-hybridized carbons (Fsp3) is 0.474. The number of ketones is 1. The zero-order valence-corrected chi connectivity index (χ0v) is 14.4. The second-order valence-electron chi connectivity index (χ2n) is 7.37. The van der Waals surface area contributed by atoms with Crippen LogP contribution in [0.15, 0.2) is 24.4 Å². The van der Waals surface area contributed by atoms with Gasteiger partial charge < -0.3 is 0 Å². The first-order valence-corrected chi connectivity index (χ1v) is 8.18. The maximum atomic E-state index is 13.1. The van der Waals surface area contributed by atoms with E-state index in [1.807, 2.05) is 12.1 Å². The van der Waals surface area contributed by atoms with E-state index in [9.17, 15) is 13.6 Å². The summed E-state index contributed by atoms with van der Waals surface area (Å²) in [5, 5.41) is 3.73. The fourth-order valence-electron chi connectivity index (χ4n) is 4.07. The van der Waals surface area contributed by atoms with Crippen LogP contribution in [0.3, 0.4) is 0 Å². The van der Waals surface area contributed by atoms with E-state index in [1.165, 1.54) is 22.0 Å². The number of hydrogen-bond donors (Lipinski definition) is 0. The number of rotatable bonds is 4. The van der Waals surface area contributed by atoms with Gasteiger partial charge in [0.1, 0.15) is 5.69 Å². The Bertz CT molecular complexity index is 793. The molecule has 0 saturated carbocycles. The Labute approximate surface area is 140 Å². The maximum absolute atomic E-state index is 13.1. The third-order valence-corrected chi connectivity index (χ3v) is 4.95. The molecule has 5 heteroatoms. The quantitative estimate of drug-likeness (QED) is 0.769. The smallest absolute Gasteiger partial charge is 0.282 e. The van der Waals surface area contributed by atoms with E-state index >= 15 is 0 Å². The Kier molecular flexibility index (Phi) is 4.06. The van der Waals surface area contributed by atoms with Crippen molar-refractivity contribution in [2.75, 3.05) is 0 Å². The number of alkyl halides is 2. The van der Waals surface area contributed by atoms with Crippen LogP contribution in [0.2, 0.25) is 0 Å². The van der Waals surface area contributed by atoms with Crippen LogP contribution in [-0.2, 0) is 18.9 Å². The van der Waals surface area contributed by atoms with Gasteiger partial charge in [-0.3, -0.25) is 9.48 Å². The molecule has 1 heterocycles. The largest absolute Gasteiger partial charge is 0.294 e. The molecular weight excluding hydrogens is 310 g/mol. The number of hydrogen-bond acceptors (Lipinski definition) is 2. The van der Waals surface area contributed by atoms with E-state index in [0.29, 0.717) is 5.92 Å². The molecule has 1 aromatic carbocycles. The standard InChI is InChI=1S/C19H22F2N2O/c1-11-9-19(2,3)14-7-5-6-12(16(11)14)8-15(24)13-10-23(4)22-17(13)18(20)21/h5-7,10-11,18H,8-9H2,1-4H3. The van der Waals surface area contributed by atoms with E-state index in [2.05, 4.69) is 31.9 Å². The van der Waals surface area contributed by atoms with Crippen molar-refractivity contribution in [3.05, 3.63) is 52.3 Å². The Morgan fingerprint density at radius 1 is 1.42 bits per heavy atom. The van der Waals surface area contributed by atoms with E-state index < -0.39 is 12.1 Å². The summed E-state index contributed by atoms with van der Waals surface area (Å²) in [6.45, 7) is 6.57. The number of fused-ring (bicyclic) bond motifs is 1. The molecule has 0 N–H and O–H groups in total. The minimum Gasteiger partial charge on any atom is -0.294 e. The summed E-state index contributed by atoms with van der Waals surface area (Å²) in [7, 11) is 1.55. The maximum Gasteiger partial charge on any atom is 0.282 e. The van der Waals surface area contributed by atoms with Crippen LogP contribution in [0.5, 0.6) is 0 Å². The van der Waals surface area contributed by atoms with Gasteiger partial charge in [0.2, 0.25) is 0 Å². The van der Waals surface area contributed by atoms with Crippen molar-refractivity contribution in [2.45, 2.75) is 51.4 Å². The zero-order chi connectivity index (χ0) is 17.6. The molecule has 128 valence electrons. The SMILES string of the molecule is CC1CC(C)(C)c2cccc(CC(=O)c3cn(C)nc3C(F)F)c21. The number of carbonyl (C=O) groups is 1. The number of nitrogens with zero attached hydrogens (tertiary/aromatic N) is 2. The van der Waals surface area contributed by atoms with Crippen LogP contribution < -0.4 is 0 Å². The van der Waals surface area contributed by atoms with E-state index in [0.717, 1.165) is 12.0 Å². The molecule has 1 aliphatic carbocycles. The van der Waals surface area contributed by atoms with Crippen LogP contribution in [0.4, 0.5) is 8.78 Å². The summed E-state index contributed by atoms with van der Waals surface area (Å²) < 4.78 is 27.5. The van der Waals surface area contributed by atoms with Crippen LogP contribution >= 0.6 is 0 Å². The van der Waals surface area contributed by atoms with Gasteiger partial charge in [-0.2, -0.15) is 5.10 Å². The molecule has 1 unspecified atom stereocenters. The molecule has 0 fully saturated rings. The number of aromatic nitrogens is 2. The van der Waals surface area contributed by atoms with Gasteiger partial charge in [0.15, 0.2) is 5.78 Å². The Morgan fingerprint density at radius 3 is 2.79 bits per heavy atom. The minimum absolute atomic E-state index is 0.0232. The third-order valence-electron chi connectivity index (χ3n) is 4.95. The summed E-state index contributed by atoms with van der Waals surface area (Å²) in [5.41, 5.74) is 3.09. The summed E-state index contributed by atoms with van der Waals surface area (Å²) in [4.78, 5) is 12.6. The second kappa shape index (κ2) is 5.80. The lowest BCUT2D eigenvalue weighted by molar-refractivity contribution is 0.0977. The van der Waals surface area contributed by atoms with Crippen molar-refractivity contribution in [1.82, 2.24) is 9.78 Å². The first kappa shape index (κ1) is 16.8. The minimum atomic E-state index is -2.75. The molecular formula is C19H22F2N2O. The Balaban J connectivity index is 1.96. The lowest BCUT2D eigenvalue weighted by Crippen LogP contribution is -2.12. The first-order valence-electron chi connectivity index (χ1n) is 8.18.